The Balaban J connectivity index is 1.84. The summed E-state index contributed by atoms with van der Waals surface area (Å²) in [5.41, 5.74) is 2.26. The van der Waals surface area contributed by atoms with Gasteiger partial charge in [0.1, 0.15) is 0 Å². The normalized spacial score (nSPS) is 22.5. The van der Waals surface area contributed by atoms with Crippen molar-refractivity contribution >= 4 is 0 Å². The standard InChI is InChI=1S/C18H25O/c19-18-16(14-8-3-1-4-9-14)12-7-13-17(18)15-10-5-2-6-11-15/h7,12-15H,1-6,8-11H2. The molecule has 103 valence electrons. The van der Waals surface area contributed by atoms with Crippen molar-refractivity contribution in [3.05, 3.63) is 29.3 Å². The summed E-state index contributed by atoms with van der Waals surface area (Å²) in [4.78, 5) is 0. The fraction of sp³-hybridized carbons (Fsp3) is 0.667. The lowest BCUT2D eigenvalue weighted by Crippen LogP contribution is -2.08. The van der Waals surface area contributed by atoms with Crippen LogP contribution in [0.1, 0.15) is 87.2 Å². The van der Waals surface area contributed by atoms with Crippen LogP contribution in [0.4, 0.5) is 0 Å². The average Bonchev–Trinajstić information content (AvgIpc) is 2.49. The van der Waals surface area contributed by atoms with E-state index in [1.54, 1.807) is 0 Å². The summed E-state index contributed by atoms with van der Waals surface area (Å²) in [5, 5.41) is 12.8. The van der Waals surface area contributed by atoms with Crippen LogP contribution in [-0.4, -0.2) is 0 Å². The Morgan fingerprint density at radius 2 is 1.11 bits per heavy atom. The molecule has 1 aromatic carbocycles. The van der Waals surface area contributed by atoms with Crippen LogP contribution in [0.3, 0.4) is 0 Å². The fourth-order valence-electron chi connectivity index (χ4n) is 4.04. The zero-order chi connectivity index (χ0) is 13.1. The molecule has 2 aliphatic carbocycles. The molecule has 0 spiro atoms. The van der Waals surface area contributed by atoms with Gasteiger partial charge in [-0.25, -0.2) is 0 Å². The number of rotatable bonds is 2. The van der Waals surface area contributed by atoms with E-state index in [1.807, 2.05) is 0 Å². The first-order valence-corrected chi connectivity index (χ1v) is 8.16. The van der Waals surface area contributed by atoms with E-state index >= 15 is 0 Å². The Kier molecular flexibility index (Phi) is 4.10. The van der Waals surface area contributed by atoms with E-state index in [4.69, 9.17) is 0 Å². The van der Waals surface area contributed by atoms with E-state index in [2.05, 4.69) is 18.2 Å². The molecule has 0 heterocycles. The van der Waals surface area contributed by atoms with Crippen LogP contribution in [0.25, 0.3) is 0 Å². The van der Waals surface area contributed by atoms with Crippen molar-refractivity contribution in [2.24, 2.45) is 0 Å². The van der Waals surface area contributed by atoms with Gasteiger partial charge in [-0.3, -0.25) is 5.11 Å². The molecule has 3 rings (SSSR count). The Labute approximate surface area is 117 Å². The van der Waals surface area contributed by atoms with Crippen molar-refractivity contribution in [1.82, 2.24) is 0 Å². The second-order valence-electron chi connectivity index (χ2n) is 6.44. The first-order chi connectivity index (χ1) is 9.36. The van der Waals surface area contributed by atoms with Crippen LogP contribution in [0.15, 0.2) is 18.2 Å². The predicted molar refractivity (Wildman–Crippen MR) is 78.2 cm³/mol. The number of benzene rings is 1. The third-order valence-corrected chi connectivity index (χ3v) is 5.17. The molecule has 2 fully saturated rings. The SMILES string of the molecule is [O]c1c(C2CCCCC2)cccc1C1CCCCC1. The maximum Gasteiger partial charge on any atom is 0.185 e. The van der Waals surface area contributed by atoms with Crippen molar-refractivity contribution in [3.8, 4) is 5.75 Å². The molecule has 0 aromatic heterocycles. The summed E-state index contributed by atoms with van der Waals surface area (Å²) in [6, 6.07) is 6.34. The van der Waals surface area contributed by atoms with Gasteiger partial charge in [0.25, 0.3) is 0 Å². The molecule has 0 bridgehead atoms. The highest BCUT2D eigenvalue weighted by Crippen LogP contribution is 2.43. The maximum atomic E-state index is 12.8. The lowest BCUT2D eigenvalue weighted by molar-refractivity contribution is 0.323. The smallest absolute Gasteiger partial charge is 0.185 e. The highest BCUT2D eigenvalue weighted by Gasteiger charge is 2.25. The number of para-hydroxylation sites is 1. The molecule has 1 aromatic rings. The molecule has 19 heavy (non-hydrogen) atoms. The van der Waals surface area contributed by atoms with Gasteiger partial charge in [-0.05, 0) is 37.5 Å². The van der Waals surface area contributed by atoms with Gasteiger partial charge in [0.15, 0.2) is 5.75 Å². The largest absolute Gasteiger partial charge is 0.289 e. The van der Waals surface area contributed by atoms with Gasteiger partial charge in [-0.15, -0.1) is 0 Å². The topological polar surface area (TPSA) is 19.9 Å². The minimum atomic E-state index is 0.390. The molecule has 2 aliphatic rings. The van der Waals surface area contributed by atoms with Gasteiger partial charge >= 0.3 is 0 Å². The van der Waals surface area contributed by atoms with Gasteiger partial charge in [-0.2, -0.15) is 0 Å². The molecule has 0 N–H and O–H groups in total. The van der Waals surface area contributed by atoms with Crippen LogP contribution >= 0.6 is 0 Å². The molecule has 0 amide bonds. The summed E-state index contributed by atoms with van der Waals surface area (Å²) in [5.74, 6) is 1.48. The number of hydrogen-bond acceptors (Lipinski definition) is 0. The van der Waals surface area contributed by atoms with Gasteiger partial charge in [-0.1, -0.05) is 56.7 Å². The molecule has 1 heteroatoms. The first kappa shape index (κ1) is 13.0. The second kappa shape index (κ2) is 5.98. The average molecular weight is 257 g/mol. The van der Waals surface area contributed by atoms with E-state index in [0.29, 0.717) is 17.6 Å². The van der Waals surface area contributed by atoms with E-state index in [9.17, 15) is 5.11 Å². The highest BCUT2D eigenvalue weighted by molar-refractivity contribution is 5.44. The summed E-state index contributed by atoms with van der Waals surface area (Å²) in [6.45, 7) is 0. The van der Waals surface area contributed by atoms with Crippen molar-refractivity contribution in [2.45, 2.75) is 76.0 Å². The molecule has 0 unspecified atom stereocenters. The summed E-state index contributed by atoms with van der Waals surface area (Å²) in [7, 11) is 0. The van der Waals surface area contributed by atoms with E-state index in [1.165, 1.54) is 64.2 Å². The molecule has 0 saturated heterocycles. The van der Waals surface area contributed by atoms with Crippen LogP contribution in [0.2, 0.25) is 0 Å². The van der Waals surface area contributed by atoms with Crippen LogP contribution in [-0.2, 0) is 5.11 Å². The molecule has 2 saturated carbocycles. The van der Waals surface area contributed by atoms with Gasteiger partial charge < -0.3 is 0 Å². The zero-order valence-electron chi connectivity index (χ0n) is 11.9. The lowest BCUT2D eigenvalue weighted by atomic mass is 9.79. The van der Waals surface area contributed by atoms with Crippen LogP contribution in [0, 0.1) is 0 Å². The van der Waals surface area contributed by atoms with E-state index in [0.717, 1.165) is 11.1 Å². The Morgan fingerprint density at radius 1 is 0.684 bits per heavy atom. The van der Waals surface area contributed by atoms with Crippen molar-refractivity contribution < 1.29 is 5.11 Å². The molecule has 0 aliphatic heterocycles. The zero-order valence-corrected chi connectivity index (χ0v) is 11.9. The lowest BCUT2D eigenvalue weighted by Gasteiger charge is -2.26. The van der Waals surface area contributed by atoms with Crippen molar-refractivity contribution in [1.29, 1.82) is 0 Å². The third kappa shape index (κ3) is 2.80. The summed E-state index contributed by atoms with van der Waals surface area (Å²) >= 11 is 0. The van der Waals surface area contributed by atoms with Gasteiger partial charge in [0.2, 0.25) is 0 Å². The molecular weight excluding hydrogens is 232 g/mol. The highest BCUT2D eigenvalue weighted by atomic mass is 16.3. The minimum Gasteiger partial charge on any atom is -0.289 e. The predicted octanol–water partition coefficient (Wildman–Crippen LogP) is 5.93. The Bertz CT molecular complexity index is 375. The fourth-order valence-corrected chi connectivity index (χ4v) is 4.04. The van der Waals surface area contributed by atoms with E-state index < -0.39 is 0 Å². The molecule has 1 nitrogen and oxygen atoms in total. The van der Waals surface area contributed by atoms with Gasteiger partial charge in [0.05, 0.1) is 0 Å². The van der Waals surface area contributed by atoms with E-state index in [-0.39, 0.29) is 0 Å². The van der Waals surface area contributed by atoms with Crippen LogP contribution < -0.4 is 0 Å². The van der Waals surface area contributed by atoms with Crippen molar-refractivity contribution in [3.63, 3.8) is 0 Å². The first-order valence-electron chi connectivity index (χ1n) is 8.16. The quantitative estimate of drug-likeness (QED) is 0.626. The maximum absolute atomic E-state index is 12.8. The molecule has 0 atom stereocenters. The summed E-state index contributed by atoms with van der Waals surface area (Å²) < 4.78 is 0. The second-order valence-corrected chi connectivity index (χ2v) is 6.44. The third-order valence-electron chi connectivity index (χ3n) is 5.17. The Morgan fingerprint density at radius 3 is 1.53 bits per heavy atom. The van der Waals surface area contributed by atoms with Gasteiger partial charge in [0, 0.05) is 11.1 Å². The minimum absolute atomic E-state index is 0.390. The number of hydrogen-bond donors (Lipinski definition) is 0. The molecular formula is C18H25O. The Hall–Kier alpha value is -0.980. The summed E-state index contributed by atoms with van der Waals surface area (Å²) in [6.07, 6.45) is 12.8. The monoisotopic (exact) mass is 257 g/mol. The molecule has 1 radical (unpaired) electrons. The van der Waals surface area contributed by atoms with Crippen molar-refractivity contribution in [2.75, 3.05) is 0 Å². The van der Waals surface area contributed by atoms with Crippen LogP contribution in [0.5, 0.6) is 5.75 Å².